The third-order valence-electron chi connectivity index (χ3n) is 3.24. The predicted octanol–water partition coefficient (Wildman–Crippen LogP) is 1.74. The number of carbonyl (C=O) groups is 1. The normalized spacial score (nSPS) is 11.5. The molecule has 0 aliphatic rings. The molecule has 7 heteroatoms. The molecule has 1 amide bonds. The Kier molecular flexibility index (Phi) is 6.05. The fourth-order valence-corrected chi connectivity index (χ4v) is 3.38. The number of amides is 1. The van der Waals surface area contributed by atoms with E-state index in [1.54, 1.807) is 26.2 Å². The number of sulfonamides is 1. The molecule has 1 aromatic heterocycles. The van der Waals surface area contributed by atoms with Gasteiger partial charge in [-0.1, -0.05) is 6.07 Å². The maximum Gasteiger partial charge on any atom is 0.251 e. The highest BCUT2D eigenvalue weighted by molar-refractivity contribution is 7.89. The molecule has 0 radical (unpaired) electrons. The van der Waals surface area contributed by atoms with Gasteiger partial charge in [0.2, 0.25) is 10.0 Å². The number of nitrogens with one attached hydrogen (secondary N) is 2. The van der Waals surface area contributed by atoms with E-state index in [2.05, 4.69) is 15.0 Å². The first-order valence-corrected chi connectivity index (χ1v) is 9.16. The van der Waals surface area contributed by atoms with Gasteiger partial charge in [0.05, 0.1) is 4.90 Å². The van der Waals surface area contributed by atoms with Crippen molar-refractivity contribution in [3.8, 4) is 0 Å². The van der Waals surface area contributed by atoms with Crippen LogP contribution in [0.15, 0.2) is 53.7 Å². The molecule has 0 aliphatic carbocycles. The molecule has 1 heterocycles. The standard InChI is InChI=1S/C17H21N3O3S/c1-13(2)20-24(22,23)16-7-5-15(6-8-16)17(21)19-11-9-14-4-3-10-18-12-14/h3-8,10,12-13,20H,9,11H2,1-2H3,(H,19,21). The number of pyridine rings is 1. The zero-order chi connectivity index (χ0) is 17.6. The summed E-state index contributed by atoms with van der Waals surface area (Å²) < 4.78 is 26.6. The van der Waals surface area contributed by atoms with E-state index in [0.717, 1.165) is 5.56 Å². The van der Waals surface area contributed by atoms with Gasteiger partial charge in [-0.05, 0) is 56.2 Å². The first kappa shape index (κ1) is 18.1. The molecular weight excluding hydrogens is 326 g/mol. The van der Waals surface area contributed by atoms with E-state index in [-0.39, 0.29) is 16.8 Å². The average Bonchev–Trinajstić information content (AvgIpc) is 2.55. The fourth-order valence-electron chi connectivity index (χ4n) is 2.13. The van der Waals surface area contributed by atoms with Crippen LogP contribution in [0.4, 0.5) is 0 Å². The number of benzene rings is 1. The Bertz CT molecular complexity index is 772. The lowest BCUT2D eigenvalue weighted by Gasteiger charge is -2.10. The van der Waals surface area contributed by atoms with Crippen molar-refractivity contribution in [2.24, 2.45) is 0 Å². The molecule has 24 heavy (non-hydrogen) atoms. The zero-order valence-corrected chi connectivity index (χ0v) is 14.5. The monoisotopic (exact) mass is 347 g/mol. The Labute approximate surface area is 142 Å². The van der Waals surface area contributed by atoms with Gasteiger partial charge in [-0.3, -0.25) is 9.78 Å². The second kappa shape index (κ2) is 8.03. The van der Waals surface area contributed by atoms with E-state index in [0.29, 0.717) is 18.5 Å². The van der Waals surface area contributed by atoms with Gasteiger partial charge < -0.3 is 5.32 Å². The van der Waals surface area contributed by atoms with Gasteiger partial charge in [-0.2, -0.15) is 0 Å². The zero-order valence-electron chi connectivity index (χ0n) is 13.7. The first-order valence-electron chi connectivity index (χ1n) is 7.68. The third-order valence-corrected chi connectivity index (χ3v) is 4.91. The fraction of sp³-hybridized carbons (Fsp3) is 0.294. The van der Waals surface area contributed by atoms with E-state index >= 15 is 0 Å². The van der Waals surface area contributed by atoms with E-state index in [4.69, 9.17) is 0 Å². The van der Waals surface area contributed by atoms with E-state index in [1.807, 2.05) is 12.1 Å². The van der Waals surface area contributed by atoms with Crippen molar-refractivity contribution < 1.29 is 13.2 Å². The van der Waals surface area contributed by atoms with Gasteiger partial charge in [0.25, 0.3) is 5.91 Å². The number of nitrogens with zero attached hydrogens (tertiary/aromatic N) is 1. The van der Waals surface area contributed by atoms with Crippen molar-refractivity contribution in [1.82, 2.24) is 15.0 Å². The number of carbonyl (C=O) groups excluding carboxylic acids is 1. The maximum absolute atomic E-state index is 12.1. The van der Waals surface area contributed by atoms with Crippen molar-refractivity contribution in [3.63, 3.8) is 0 Å². The van der Waals surface area contributed by atoms with Crippen LogP contribution in [0.2, 0.25) is 0 Å². The number of hydrogen-bond acceptors (Lipinski definition) is 4. The van der Waals surface area contributed by atoms with Gasteiger partial charge in [-0.15, -0.1) is 0 Å². The van der Waals surface area contributed by atoms with E-state index in [1.165, 1.54) is 24.3 Å². The molecule has 0 spiro atoms. The molecular formula is C17H21N3O3S. The Balaban J connectivity index is 1.94. The molecule has 2 rings (SSSR count). The van der Waals surface area contributed by atoms with Gasteiger partial charge in [0.1, 0.15) is 0 Å². The van der Waals surface area contributed by atoms with E-state index in [9.17, 15) is 13.2 Å². The molecule has 0 unspecified atom stereocenters. The summed E-state index contributed by atoms with van der Waals surface area (Å²) in [7, 11) is -3.54. The first-order chi connectivity index (χ1) is 11.4. The van der Waals surface area contributed by atoms with Crippen LogP contribution in [-0.4, -0.2) is 31.9 Å². The van der Waals surface area contributed by atoms with Crippen LogP contribution in [0.5, 0.6) is 0 Å². The Morgan fingerprint density at radius 3 is 2.46 bits per heavy atom. The van der Waals surface area contributed by atoms with Crippen LogP contribution >= 0.6 is 0 Å². The topological polar surface area (TPSA) is 88.2 Å². The summed E-state index contributed by atoms with van der Waals surface area (Å²) in [6.45, 7) is 3.99. The minimum atomic E-state index is -3.54. The maximum atomic E-state index is 12.1. The number of rotatable bonds is 7. The van der Waals surface area contributed by atoms with Crippen LogP contribution in [-0.2, 0) is 16.4 Å². The summed E-state index contributed by atoms with van der Waals surface area (Å²) in [5, 5.41) is 2.81. The summed E-state index contributed by atoms with van der Waals surface area (Å²) >= 11 is 0. The molecule has 6 nitrogen and oxygen atoms in total. The second-order valence-electron chi connectivity index (χ2n) is 5.67. The molecule has 128 valence electrons. The minimum Gasteiger partial charge on any atom is -0.352 e. The van der Waals surface area contributed by atoms with Crippen molar-refractivity contribution in [3.05, 3.63) is 59.9 Å². The minimum absolute atomic E-state index is 0.142. The highest BCUT2D eigenvalue weighted by atomic mass is 32.2. The summed E-state index contributed by atoms with van der Waals surface area (Å²) in [6.07, 6.45) is 4.14. The second-order valence-corrected chi connectivity index (χ2v) is 7.38. The molecule has 0 fully saturated rings. The highest BCUT2D eigenvalue weighted by Gasteiger charge is 2.15. The lowest BCUT2D eigenvalue weighted by atomic mass is 10.2. The van der Waals surface area contributed by atoms with Gasteiger partial charge >= 0.3 is 0 Å². The van der Waals surface area contributed by atoms with Crippen molar-refractivity contribution in [1.29, 1.82) is 0 Å². The van der Waals surface area contributed by atoms with Crippen LogP contribution in [0.3, 0.4) is 0 Å². The largest absolute Gasteiger partial charge is 0.352 e. The average molecular weight is 347 g/mol. The SMILES string of the molecule is CC(C)NS(=O)(=O)c1ccc(C(=O)NCCc2cccnc2)cc1. The highest BCUT2D eigenvalue weighted by Crippen LogP contribution is 2.11. The lowest BCUT2D eigenvalue weighted by molar-refractivity contribution is 0.0954. The quantitative estimate of drug-likeness (QED) is 0.798. The molecule has 0 bridgehead atoms. The summed E-state index contributed by atoms with van der Waals surface area (Å²) in [5.74, 6) is -0.236. The molecule has 2 aromatic rings. The van der Waals surface area contributed by atoms with Crippen molar-refractivity contribution in [2.45, 2.75) is 31.2 Å². The van der Waals surface area contributed by atoms with Crippen LogP contribution < -0.4 is 10.0 Å². The van der Waals surface area contributed by atoms with Gasteiger partial charge in [0, 0.05) is 30.5 Å². The predicted molar refractivity (Wildman–Crippen MR) is 92.2 cm³/mol. The molecule has 0 saturated heterocycles. The Morgan fingerprint density at radius 1 is 1.17 bits per heavy atom. The third kappa shape index (κ3) is 5.14. The van der Waals surface area contributed by atoms with E-state index < -0.39 is 10.0 Å². The Morgan fingerprint density at radius 2 is 1.88 bits per heavy atom. The smallest absolute Gasteiger partial charge is 0.251 e. The van der Waals surface area contributed by atoms with Crippen molar-refractivity contribution >= 4 is 15.9 Å². The summed E-state index contributed by atoms with van der Waals surface area (Å²) in [6, 6.07) is 9.48. The van der Waals surface area contributed by atoms with Crippen molar-refractivity contribution in [2.75, 3.05) is 6.54 Å². The Hall–Kier alpha value is -2.25. The molecule has 1 aromatic carbocycles. The molecule has 0 aliphatic heterocycles. The van der Waals surface area contributed by atoms with Crippen LogP contribution in [0.1, 0.15) is 29.8 Å². The lowest BCUT2D eigenvalue weighted by Crippen LogP contribution is -2.30. The molecule has 0 atom stereocenters. The van der Waals surface area contributed by atoms with Gasteiger partial charge in [-0.25, -0.2) is 13.1 Å². The number of aromatic nitrogens is 1. The summed E-state index contributed by atoms with van der Waals surface area (Å²) in [5.41, 5.74) is 1.46. The molecule has 2 N–H and O–H groups in total. The number of hydrogen-bond donors (Lipinski definition) is 2. The molecule has 0 saturated carbocycles. The van der Waals surface area contributed by atoms with Gasteiger partial charge in [0.15, 0.2) is 0 Å². The van der Waals surface area contributed by atoms with Crippen LogP contribution in [0, 0.1) is 0 Å². The summed E-state index contributed by atoms with van der Waals surface area (Å²) in [4.78, 5) is 16.2. The van der Waals surface area contributed by atoms with Crippen LogP contribution in [0.25, 0.3) is 0 Å².